The minimum atomic E-state index is -3.62. The first-order valence-electron chi connectivity index (χ1n) is 5.75. The Morgan fingerprint density at radius 2 is 2.05 bits per heavy atom. The number of nitriles is 1. The second-order valence-corrected chi connectivity index (χ2v) is 7.64. The minimum Gasteiger partial charge on any atom is -0.260 e. The minimum absolute atomic E-state index is 0.0400. The summed E-state index contributed by atoms with van der Waals surface area (Å²) in [5.41, 5.74) is 0.173. The largest absolute Gasteiger partial charge is 0.260 e. The SMILES string of the molecule is N#Cc1ccc(S(=O)(=O)NC2CCS(=O)CC2)cn1. The van der Waals surface area contributed by atoms with Crippen molar-refractivity contribution in [3.8, 4) is 6.07 Å². The van der Waals surface area contributed by atoms with E-state index in [0.29, 0.717) is 24.3 Å². The first kappa shape index (κ1) is 14.1. The lowest BCUT2D eigenvalue weighted by Crippen LogP contribution is -2.39. The van der Waals surface area contributed by atoms with E-state index in [0.717, 1.165) is 0 Å². The molecule has 2 rings (SSSR count). The van der Waals surface area contributed by atoms with Crippen LogP contribution in [0.2, 0.25) is 0 Å². The molecule has 1 aromatic heterocycles. The topological polar surface area (TPSA) is 99.9 Å². The molecule has 0 saturated carbocycles. The zero-order chi connectivity index (χ0) is 13.9. The van der Waals surface area contributed by atoms with Crippen molar-refractivity contribution in [1.82, 2.24) is 9.71 Å². The summed E-state index contributed by atoms with van der Waals surface area (Å²) < 4.78 is 37.9. The third-order valence-corrected chi connectivity index (χ3v) is 5.76. The highest BCUT2D eigenvalue weighted by atomic mass is 32.2. The van der Waals surface area contributed by atoms with E-state index < -0.39 is 20.8 Å². The molecule has 0 atom stereocenters. The van der Waals surface area contributed by atoms with Gasteiger partial charge in [-0.15, -0.1) is 0 Å². The predicted molar refractivity (Wildman–Crippen MR) is 70.2 cm³/mol. The van der Waals surface area contributed by atoms with Crippen LogP contribution in [0.4, 0.5) is 0 Å². The summed E-state index contributed by atoms with van der Waals surface area (Å²) in [5.74, 6) is 1.05. The molecular formula is C11H13N3O3S2. The van der Waals surface area contributed by atoms with E-state index in [-0.39, 0.29) is 16.6 Å². The Morgan fingerprint density at radius 1 is 1.37 bits per heavy atom. The molecule has 0 radical (unpaired) electrons. The normalized spacial score (nSPS) is 23.7. The molecule has 8 heteroatoms. The van der Waals surface area contributed by atoms with Crippen LogP contribution in [-0.4, -0.2) is 35.2 Å². The first-order valence-corrected chi connectivity index (χ1v) is 8.72. The molecule has 1 N–H and O–H groups in total. The van der Waals surface area contributed by atoms with E-state index >= 15 is 0 Å². The fourth-order valence-electron chi connectivity index (χ4n) is 1.80. The molecule has 1 aliphatic rings. The smallest absolute Gasteiger partial charge is 0.242 e. The number of hydrogen-bond acceptors (Lipinski definition) is 5. The number of pyridine rings is 1. The van der Waals surface area contributed by atoms with Crippen molar-refractivity contribution in [3.63, 3.8) is 0 Å². The Bertz CT molecular complexity index is 610. The Kier molecular flexibility index (Phi) is 4.29. The maximum Gasteiger partial charge on any atom is 0.242 e. The van der Waals surface area contributed by atoms with Crippen LogP contribution in [0.3, 0.4) is 0 Å². The molecule has 1 aliphatic heterocycles. The van der Waals surface area contributed by atoms with E-state index in [1.165, 1.54) is 18.3 Å². The Balaban J connectivity index is 2.09. The lowest BCUT2D eigenvalue weighted by Gasteiger charge is -2.22. The van der Waals surface area contributed by atoms with E-state index in [9.17, 15) is 12.6 Å². The van der Waals surface area contributed by atoms with Gasteiger partial charge in [0.05, 0.1) is 0 Å². The van der Waals surface area contributed by atoms with Gasteiger partial charge < -0.3 is 0 Å². The predicted octanol–water partition coefficient (Wildman–Crippen LogP) is 0.143. The van der Waals surface area contributed by atoms with Crippen LogP contribution >= 0.6 is 0 Å². The number of hydrogen-bond donors (Lipinski definition) is 1. The Hall–Kier alpha value is -1.30. The van der Waals surface area contributed by atoms with E-state index in [4.69, 9.17) is 5.26 Å². The van der Waals surface area contributed by atoms with Gasteiger partial charge in [-0.2, -0.15) is 5.26 Å². The molecule has 0 spiro atoms. The van der Waals surface area contributed by atoms with Crippen LogP contribution in [0.15, 0.2) is 23.2 Å². The molecule has 1 saturated heterocycles. The maximum absolute atomic E-state index is 12.1. The number of sulfonamides is 1. The standard InChI is InChI=1S/C11H13N3O3S2/c12-7-10-1-2-11(8-13-10)19(16,17)14-9-3-5-18(15)6-4-9/h1-2,8-9,14H,3-6H2. The van der Waals surface area contributed by atoms with Crippen LogP contribution in [-0.2, 0) is 20.8 Å². The van der Waals surface area contributed by atoms with E-state index in [2.05, 4.69) is 9.71 Å². The number of nitrogens with one attached hydrogen (secondary N) is 1. The van der Waals surface area contributed by atoms with Gasteiger partial charge >= 0.3 is 0 Å². The van der Waals surface area contributed by atoms with E-state index in [1.807, 2.05) is 6.07 Å². The quantitative estimate of drug-likeness (QED) is 0.856. The summed E-state index contributed by atoms with van der Waals surface area (Å²) in [6, 6.07) is 4.37. The van der Waals surface area contributed by atoms with Crippen molar-refractivity contribution < 1.29 is 12.6 Å². The second kappa shape index (κ2) is 5.77. The van der Waals surface area contributed by atoms with Gasteiger partial charge in [-0.05, 0) is 25.0 Å². The van der Waals surface area contributed by atoms with Crippen molar-refractivity contribution in [1.29, 1.82) is 5.26 Å². The van der Waals surface area contributed by atoms with Gasteiger partial charge in [0, 0.05) is 34.5 Å². The summed E-state index contributed by atoms with van der Waals surface area (Å²) in [4.78, 5) is 3.78. The summed E-state index contributed by atoms with van der Waals surface area (Å²) in [7, 11) is -4.44. The highest BCUT2D eigenvalue weighted by Gasteiger charge is 2.24. The molecule has 1 fully saturated rings. The van der Waals surface area contributed by atoms with Crippen LogP contribution in [0.25, 0.3) is 0 Å². The van der Waals surface area contributed by atoms with Gasteiger partial charge in [-0.25, -0.2) is 18.1 Å². The zero-order valence-corrected chi connectivity index (χ0v) is 11.7. The maximum atomic E-state index is 12.1. The molecule has 0 aromatic carbocycles. The van der Waals surface area contributed by atoms with Gasteiger partial charge in [0.15, 0.2) is 0 Å². The second-order valence-electron chi connectivity index (χ2n) is 4.23. The Labute approximate surface area is 114 Å². The highest BCUT2D eigenvalue weighted by molar-refractivity contribution is 7.89. The van der Waals surface area contributed by atoms with Crippen LogP contribution < -0.4 is 4.72 Å². The highest BCUT2D eigenvalue weighted by Crippen LogP contribution is 2.14. The lowest BCUT2D eigenvalue weighted by molar-refractivity contribution is 0.521. The summed E-state index contributed by atoms with van der Waals surface area (Å²) in [5, 5.41) is 8.61. The number of nitrogens with zero attached hydrogens (tertiary/aromatic N) is 2. The molecular weight excluding hydrogens is 286 g/mol. The van der Waals surface area contributed by atoms with Crippen molar-refractivity contribution in [3.05, 3.63) is 24.0 Å². The summed E-state index contributed by atoms with van der Waals surface area (Å²) in [6.07, 6.45) is 2.33. The van der Waals surface area contributed by atoms with Gasteiger partial charge in [0.1, 0.15) is 16.7 Å². The van der Waals surface area contributed by atoms with Crippen LogP contribution in [0.5, 0.6) is 0 Å². The van der Waals surface area contributed by atoms with Crippen LogP contribution in [0, 0.1) is 11.3 Å². The third-order valence-electron chi connectivity index (χ3n) is 2.87. The summed E-state index contributed by atoms with van der Waals surface area (Å²) >= 11 is 0. The van der Waals surface area contributed by atoms with Crippen molar-refractivity contribution in [2.45, 2.75) is 23.8 Å². The molecule has 19 heavy (non-hydrogen) atoms. The molecule has 0 aliphatic carbocycles. The first-order chi connectivity index (χ1) is 9.01. The average Bonchev–Trinajstić information content (AvgIpc) is 2.41. The molecule has 2 heterocycles. The summed E-state index contributed by atoms with van der Waals surface area (Å²) in [6.45, 7) is 0. The van der Waals surface area contributed by atoms with Gasteiger partial charge in [0.2, 0.25) is 10.0 Å². The van der Waals surface area contributed by atoms with Crippen molar-refractivity contribution >= 4 is 20.8 Å². The molecule has 0 amide bonds. The van der Waals surface area contributed by atoms with Crippen LogP contribution in [0.1, 0.15) is 18.5 Å². The Morgan fingerprint density at radius 3 is 2.58 bits per heavy atom. The molecule has 102 valence electrons. The molecule has 0 unspecified atom stereocenters. The van der Waals surface area contributed by atoms with Gasteiger partial charge in [-0.1, -0.05) is 0 Å². The lowest BCUT2D eigenvalue weighted by atomic mass is 10.2. The number of aromatic nitrogens is 1. The third kappa shape index (κ3) is 3.59. The van der Waals surface area contributed by atoms with E-state index in [1.54, 1.807) is 0 Å². The van der Waals surface area contributed by atoms with Gasteiger partial charge in [0.25, 0.3) is 0 Å². The molecule has 1 aromatic rings. The fourth-order valence-corrected chi connectivity index (χ4v) is 4.35. The zero-order valence-electron chi connectivity index (χ0n) is 10.1. The molecule has 6 nitrogen and oxygen atoms in total. The van der Waals surface area contributed by atoms with Crippen molar-refractivity contribution in [2.75, 3.05) is 11.5 Å². The average molecular weight is 299 g/mol. The van der Waals surface area contributed by atoms with Gasteiger partial charge in [-0.3, -0.25) is 4.21 Å². The monoisotopic (exact) mass is 299 g/mol. The van der Waals surface area contributed by atoms with Crippen molar-refractivity contribution in [2.24, 2.45) is 0 Å². The number of rotatable bonds is 3. The fraction of sp³-hybridized carbons (Fsp3) is 0.455. The molecule has 0 bridgehead atoms.